The summed E-state index contributed by atoms with van der Waals surface area (Å²) < 4.78 is 5.25. The average molecular weight is 261 g/mol. The van der Waals surface area contributed by atoms with Gasteiger partial charge in [-0.1, -0.05) is 24.3 Å². The Morgan fingerprint density at radius 2 is 1.84 bits per heavy atom. The van der Waals surface area contributed by atoms with Crippen molar-refractivity contribution in [3.8, 4) is 0 Å². The highest BCUT2D eigenvalue weighted by Crippen LogP contribution is 2.40. The lowest BCUT2D eigenvalue weighted by Gasteiger charge is -2.22. The van der Waals surface area contributed by atoms with Gasteiger partial charge in [-0.3, -0.25) is 0 Å². The van der Waals surface area contributed by atoms with E-state index in [0.29, 0.717) is 0 Å². The molecule has 0 saturated heterocycles. The molecule has 1 aliphatic carbocycles. The Morgan fingerprint density at radius 1 is 1.26 bits per heavy atom. The molecule has 0 heterocycles. The molecule has 2 rings (SSSR count). The first-order chi connectivity index (χ1) is 8.85. The minimum atomic E-state index is -0.459. The van der Waals surface area contributed by atoms with Crippen molar-refractivity contribution in [1.82, 2.24) is 5.32 Å². The SMILES string of the molecule is C[C@H](NC(=O)OC(C)(C)C)c1ccc(C2CC2)cc1. The molecule has 1 N–H and O–H groups in total. The summed E-state index contributed by atoms with van der Waals surface area (Å²) in [7, 11) is 0. The van der Waals surface area contributed by atoms with Crippen molar-refractivity contribution >= 4 is 6.09 Å². The Balaban J connectivity index is 1.91. The van der Waals surface area contributed by atoms with Gasteiger partial charge in [-0.15, -0.1) is 0 Å². The third kappa shape index (κ3) is 4.27. The van der Waals surface area contributed by atoms with E-state index in [-0.39, 0.29) is 12.1 Å². The minimum absolute atomic E-state index is 0.0388. The van der Waals surface area contributed by atoms with Gasteiger partial charge in [-0.25, -0.2) is 4.79 Å². The van der Waals surface area contributed by atoms with E-state index in [0.717, 1.165) is 11.5 Å². The zero-order valence-corrected chi connectivity index (χ0v) is 12.2. The first-order valence-corrected chi connectivity index (χ1v) is 6.94. The minimum Gasteiger partial charge on any atom is -0.444 e. The molecule has 0 bridgehead atoms. The molecule has 1 aromatic rings. The van der Waals surface area contributed by atoms with Crippen molar-refractivity contribution in [2.75, 3.05) is 0 Å². The molecule has 0 aliphatic heterocycles. The fourth-order valence-corrected chi connectivity index (χ4v) is 2.04. The van der Waals surface area contributed by atoms with Gasteiger partial charge in [-0.05, 0) is 57.6 Å². The van der Waals surface area contributed by atoms with Crippen LogP contribution >= 0.6 is 0 Å². The second-order valence-electron chi connectivity index (χ2n) is 6.31. The van der Waals surface area contributed by atoms with Crippen LogP contribution in [0.4, 0.5) is 4.79 Å². The standard InChI is InChI=1S/C16H23NO2/c1-11(17-15(18)19-16(2,3)4)12-5-7-13(8-6-12)14-9-10-14/h5-8,11,14H,9-10H2,1-4H3,(H,17,18)/t11-/m0/s1. The van der Waals surface area contributed by atoms with Crippen molar-refractivity contribution in [2.24, 2.45) is 0 Å². The van der Waals surface area contributed by atoms with E-state index in [1.165, 1.54) is 18.4 Å². The van der Waals surface area contributed by atoms with Crippen LogP contribution < -0.4 is 5.32 Å². The lowest BCUT2D eigenvalue weighted by Crippen LogP contribution is -2.34. The van der Waals surface area contributed by atoms with Crippen LogP contribution in [0.15, 0.2) is 24.3 Å². The van der Waals surface area contributed by atoms with Crippen LogP contribution in [0, 0.1) is 0 Å². The molecule has 1 saturated carbocycles. The largest absolute Gasteiger partial charge is 0.444 e. The van der Waals surface area contributed by atoms with E-state index < -0.39 is 5.60 Å². The summed E-state index contributed by atoms with van der Waals surface area (Å²) in [5, 5.41) is 2.86. The molecule has 0 radical (unpaired) electrons. The van der Waals surface area contributed by atoms with Gasteiger partial charge in [0.1, 0.15) is 5.60 Å². The van der Waals surface area contributed by atoms with Gasteiger partial charge in [0.2, 0.25) is 0 Å². The molecular formula is C16H23NO2. The molecule has 1 aliphatic rings. The monoisotopic (exact) mass is 261 g/mol. The van der Waals surface area contributed by atoms with Gasteiger partial charge in [0.05, 0.1) is 6.04 Å². The number of carbonyl (C=O) groups excluding carboxylic acids is 1. The molecule has 104 valence electrons. The quantitative estimate of drug-likeness (QED) is 0.887. The second-order valence-corrected chi connectivity index (χ2v) is 6.31. The lowest BCUT2D eigenvalue weighted by molar-refractivity contribution is 0.0508. The Bertz CT molecular complexity index is 441. The molecule has 19 heavy (non-hydrogen) atoms. The summed E-state index contributed by atoms with van der Waals surface area (Å²) in [5.41, 5.74) is 2.06. The number of hydrogen-bond donors (Lipinski definition) is 1. The Kier molecular flexibility index (Phi) is 3.83. The fraction of sp³-hybridized carbons (Fsp3) is 0.562. The molecule has 0 unspecified atom stereocenters. The maximum absolute atomic E-state index is 11.7. The summed E-state index contributed by atoms with van der Waals surface area (Å²) >= 11 is 0. The number of hydrogen-bond acceptors (Lipinski definition) is 2. The molecule has 1 aromatic carbocycles. The number of benzene rings is 1. The van der Waals surface area contributed by atoms with Gasteiger partial charge < -0.3 is 10.1 Å². The summed E-state index contributed by atoms with van der Waals surface area (Å²) in [5.74, 6) is 0.767. The highest BCUT2D eigenvalue weighted by atomic mass is 16.6. The third-order valence-electron chi connectivity index (χ3n) is 3.22. The fourth-order valence-electron chi connectivity index (χ4n) is 2.04. The van der Waals surface area contributed by atoms with Crippen molar-refractivity contribution in [1.29, 1.82) is 0 Å². The maximum atomic E-state index is 11.7. The molecular weight excluding hydrogens is 238 g/mol. The number of ether oxygens (including phenoxy) is 1. The summed E-state index contributed by atoms with van der Waals surface area (Å²) in [4.78, 5) is 11.7. The van der Waals surface area contributed by atoms with E-state index >= 15 is 0 Å². The number of alkyl carbamates (subject to hydrolysis) is 1. The maximum Gasteiger partial charge on any atom is 0.408 e. The van der Waals surface area contributed by atoms with Gasteiger partial charge in [0.25, 0.3) is 0 Å². The Morgan fingerprint density at radius 3 is 2.32 bits per heavy atom. The van der Waals surface area contributed by atoms with Crippen molar-refractivity contribution in [2.45, 2.75) is 58.1 Å². The van der Waals surface area contributed by atoms with Crippen LogP contribution in [-0.4, -0.2) is 11.7 Å². The van der Waals surface area contributed by atoms with Gasteiger partial charge in [0.15, 0.2) is 0 Å². The summed E-state index contributed by atoms with van der Waals surface area (Å²) in [6.45, 7) is 7.56. The normalized spacial score (nSPS) is 16.8. The Labute approximate surface area is 115 Å². The highest BCUT2D eigenvalue weighted by Gasteiger charge is 2.23. The molecule has 3 heteroatoms. The van der Waals surface area contributed by atoms with E-state index in [9.17, 15) is 4.79 Å². The zero-order valence-electron chi connectivity index (χ0n) is 12.2. The molecule has 0 spiro atoms. The predicted molar refractivity (Wildman–Crippen MR) is 76.2 cm³/mol. The lowest BCUT2D eigenvalue weighted by atomic mass is 10.0. The van der Waals surface area contributed by atoms with Crippen LogP contribution in [0.3, 0.4) is 0 Å². The first kappa shape index (κ1) is 13.9. The topological polar surface area (TPSA) is 38.3 Å². The molecule has 0 aromatic heterocycles. The van der Waals surface area contributed by atoms with Gasteiger partial charge in [0, 0.05) is 0 Å². The number of amides is 1. The van der Waals surface area contributed by atoms with Gasteiger partial charge in [-0.2, -0.15) is 0 Å². The third-order valence-corrected chi connectivity index (χ3v) is 3.22. The smallest absolute Gasteiger partial charge is 0.408 e. The average Bonchev–Trinajstić information content (AvgIpc) is 3.10. The van der Waals surface area contributed by atoms with E-state index in [2.05, 4.69) is 29.6 Å². The summed E-state index contributed by atoms with van der Waals surface area (Å²) in [6.07, 6.45) is 2.25. The number of nitrogens with one attached hydrogen (secondary N) is 1. The van der Waals surface area contributed by atoms with Crippen LogP contribution in [0.5, 0.6) is 0 Å². The predicted octanol–water partition coefficient (Wildman–Crippen LogP) is 4.15. The van der Waals surface area contributed by atoms with Crippen molar-refractivity contribution < 1.29 is 9.53 Å². The second kappa shape index (κ2) is 5.24. The number of carbonyl (C=O) groups is 1. The van der Waals surface area contributed by atoms with Crippen LogP contribution in [0.2, 0.25) is 0 Å². The molecule has 1 fully saturated rings. The van der Waals surface area contributed by atoms with Crippen LogP contribution in [0.1, 0.15) is 63.6 Å². The van der Waals surface area contributed by atoms with Crippen LogP contribution in [-0.2, 0) is 4.74 Å². The molecule has 1 atom stereocenters. The molecule has 3 nitrogen and oxygen atoms in total. The van der Waals surface area contributed by atoms with Crippen molar-refractivity contribution in [3.63, 3.8) is 0 Å². The first-order valence-electron chi connectivity index (χ1n) is 6.94. The van der Waals surface area contributed by atoms with Gasteiger partial charge >= 0.3 is 6.09 Å². The van der Waals surface area contributed by atoms with E-state index in [4.69, 9.17) is 4.74 Å². The van der Waals surface area contributed by atoms with E-state index in [1.807, 2.05) is 27.7 Å². The Hall–Kier alpha value is -1.51. The number of rotatable bonds is 3. The zero-order chi connectivity index (χ0) is 14.0. The van der Waals surface area contributed by atoms with Crippen molar-refractivity contribution in [3.05, 3.63) is 35.4 Å². The molecule has 1 amide bonds. The van der Waals surface area contributed by atoms with Crippen LogP contribution in [0.25, 0.3) is 0 Å². The van der Waals surface area contributed by atoms with E-state index in [1.54, 1.807) is 0 Å². The summed E-state index contributed by atoms with van der Waals surface area (Å²) in [6, 6.07) is 8.48. The highest BCUT2D eigenvalue weighted by molar-refractivity contribution is 5.68.